The number of nitro groups is 1. The maximum absolute atomic E-state index is 11.1. The van der Waals surface area contributed by atoms with Crippen LogP contribution in [0.2, 0.25) is 0 Å². The molecule has 8 heteroatoms. The number of hydrogen-bond donors (Lipinski definition) is 2. The van der Waals surface area contributed by atoms with Crippen molar-refractivity contribution in [1.82, 2.24) is 10.3 Å². The molecule has 0 atom stereocenters. The van der Waals surface area contributed by atoms with E-state index in [0.29, 0.717) is 23.4 Å². The maximum atomic E-state index is 11.1. The minimum absolute atomic E-state index is 0.124. The quantitative estimate of drug-likeness (QED) is 0.618. The molecule has 1 aromatic rings. The predicted molar refractivity (Wildman–Crippen MR) is 68.1 cm³/mol. The number of piperazine rings is 1. The van der Waals surface area contributed by atoms with Gasteiger partial charge in [-0.1, -0.05) is 0 Å². The lowest BCUT2D eigenvalue weighted by molar-refractivity contribution is -0.383. The first-order chi connectivity index (χ1) is 8.11. The van der Waals surface area contributed by atoms with Gasteiger partial charge in [-0.05, 0) is 15.9 Å². The molecule has 0 unspecified atom stereocenters. The van der Waals surface area contributed by atoms with Crippen molar-refractivity contribution in [2.45, 2.75) is 0 Å². The van der Waals surface area contributed by atoms with Crippen molar-refractivity contribution in [3.63, 3.8) is 0 Å². The second-order valence-corrected chi connectivity index (χ2v) is 4.54. The Bertz CT molecular complexity index is 447. The SMILES string of the molecule is Nc1c(Br)cnc(N2CCNCC2)c1[N+](=O)[O-]. The van der Waals surface area contributed by atoms with Gasteiger partial charge in [0, 0.05) is 32.4 Å². The Labute approximate surface area is 106 Å². The van der Waals surface area contributed by atoms with Gasteiger partial charge in [-0.3, -0.25) is 10.1 Å². The second-order valence-electron chi connectivity index (χ2n) is 3.69. The van der Waals surface area contributed by atoms with Gasteiger partial charge in [-0.2, -0.15) is 0 Å². The van der Waals surface area contributed by atoms with Gasteiger partial charge in [0.05, 0.1) is 9.40 Å². The predicted octanol–water partition coefficient (Wildman–Crippen LogP) is 0.744. The van der Waals surface area contributed by atoms with Gasteiger partial charge in [0.2, 0.25) is 5.82 Å². The van der Waals surface area contributed by atoms with Crippen LogP contribution in [0.3, 0.4) is 0 Å². The molecule has 17 heavy (non-hydrogen) atoms. The summed E-state index contributed by atoms with van der Waals surface area (Å²) in [4.78, 5) is 16.6. The van der Waals surface area contributed by atoms with Crippen LogP contribution < -0.4 is 16.0 Å². The van der Waals surface area contributed by atoms with Crippen LogP contribution in [-0.4, -0.2) is 36.1 Å². The molecule has 1 fully saturated rings. The molecule has 1 aliphatic heterocycles. The number of hydrogen-bond acceptors (Lipinski definition) is 6. The number of nitrogens with two attached hydrogens (primary N) is 1. The molecule has 3 N–H and O–H groups in total. The number of nitrogens with zero attached hydrogens (tertiary/aromatic N) is 3. The largest absolute Gasteiger partial charge is 0.392 e. The van der Waals surface area contributed by atoms with E-state index in [4.69, 9.17) is 5.73 Å². The van der Waals surface area contributed by atoms with E-state index < -0.39 is 4.92 Å². The van der Waals surface area contributed by atoms with Crippen LogP contribution in [-0.2, 0) is 0 Å². The molecule has 7 nitrogen and oxygen atoms in total. The molecule has 1 saturated heterocycles. The van der Waals surface area contributed by atoms with E-state index in [1.807, 2.05) is 4.90 Å². The van der Waals surface area contributed by atoms with Crippen LogP contribution in [0.15, 0.2) is 10.7 Å². The van der Waals surface area contributed by atoms with E-state index in [0.717, 1.165) is 13.1 Å². The molecule has 0 amide bonds. The highest BCUT2D eigenvalue weighted by atomic mass is 79.9. The first-order valence-electron chi connectivity index (χ1n) is 5.15. The average molecular weight is 302 g/mol. The highest BCUT2D eigenvalue weighted by molar-refractivity contribution is 9.10. The van der Waals surface area contributed by atoms with Crippen LogP contribution in [0.1, 0.15) is 0 Å². The van der Waals surface area contributed by atoms with E-state index in [1.54, 1.807) is 0 Å². The fourth-order valence-electron chi connectivity index (χ4n) is 1.77. The molecule has 0 bridgehead atoms. The van der Waals surface area contributed by atoms with Crippen molar-refractivity contribution in [2.24, 2.45) is 0 Å². The molecule has 2 heterocycles. The van der Waals surface area contributed by atoms with Crippen molar-refractivity contribution < 1.29 is 4.92 Å². The molecule has 1 aliphatic rings. The Balaban J connectivity index is 2.45. The van der Waals surface area contributed by atoms with Gasteiger partial charge in [-0.25, -0.2) is 4.98 Å². The van der Waals surface area contributed by atoms with Crippen molar-refractivity contribution in [2.75, 3.05) is 36.8 Å². The normalized spacial score (nSPS) is 15.9. The number of pyridine rings is 1. The average Bonchev–Trinajstić information content (AvgIpc) is 2.33. The Kier molecular flexibility index (Phi) is 3.43. The molecule has 0 spiro atoms. The first kappa shape index (κ1) is 12.1. The standard InChI is InChI=1S/C9H12BrN5O2/c10-6-5-13-9(8(7(6)11)15(16)17)14-3-1-12-2-4-14/h5,12H,1-4H2,(H2,11,13). The van der Waals surface area contributed by atoms with Crippen molar-refractivity contribution in [1.29, 1.82) is 0 Å². The van der Waals surface area contributed by atoms with Gasteiger partial charge < -0.3 is 16.0 Å². The Morgan fingerprint density at radius 2 is 2.18 bits per heavy atom. The second kappa shape index (κ2) is 4.84. The summed E-state index contributed by atoms with van der Waals surface area (Å²) in [5.74, 6) is 0.345. The number of anilines is 2. The summed E-state index contributed by atoms with van der Waals surface area (Å²) >= 11 is 3.15. The molecule has 0 radical (unpaired) electrons. The van der Waals surface area contributed by atoms with E-state index >= 15 is 0 Å². The van der Waals surface area contributed by atoms with E-state index in [1.165, 1.54) is 6.20 Å². The van der Waals surface area contributed by atoms with Gasteiger partial charge in [-0.15, -0.1) is 0 Å². The number of aromatic nitrogens is 1. The molecule has 92 valence electrons. The number of nitrogens with one attached hydrogen (secondary N) is 1. The summed E-state index contributed by atoms with van der Waals surface area (Å²) in [5, 5.41) is 14.2. The van der Waals surface area contributed by atoms with Gasteiger partial charge in [0.1, 0.15) is 5.69 Å². The summed E-state index contributed by atoms with van der Waals surface area (Å²) < 4.78 is 0.447. The summed E-state index contributed by atoms with van der Waals surface area (Å²) in [6.07, 6.45) is 1.50. The lowest BCUT2D eigenvalue weighted by Gasteiger charge is -2.28. The zero-order valence-electron chi connectivity index (χ0n) is 9.02. The summed E-state index contributed by atoms with van der Waals surface area (Å²) in [7, 11) is 0. The summed E-state index contributed by atoms with van der Waals surface area (Å²) in [5.41, 5.74) is 5.72. The third-order valence-electron chi connectivity index (χ3n) is 2.62. The lowest BCUT2D eigenvalue weighted by Crippen LogP contribution is -2.44. The Hall–Kier alpha value is -1.41. The van der Waals surface area contributed by atoms with Crippen LogP contribution in [0.5, 0.6) is 0 Å². The van der Waals surface area contributed by atoms with Crippen molar-refractivity contribution in [3.05, 3.63) is 20.8 Å². The van der Waals surface area contributed by atoms with E-state index in [2.05, 4.69) is 26.2 Å². The fourth-order valence-corrected chi connectivity index (χ4v) is 2.06. The highest BCUT2D eigenvalue weighted by Crippen LogP contribution is 2.36. The first-order valence-corrected chi connectivity index (χ1v) is 5.94. The lowest BCUT2D eigenvalue weighted by atomic mass is 10.3. The van der Waals surface area contributed by atoms with E-state index in [9.17, 15) is 10.1 Å². The van der Waals surface area contributed by atoms with Crippen LogP contribution in [0, 0.1) is 10.1 Å². The van der Waals surface area contributed by atoms with Crippen molar-refractivity contribution >= 4 is 33.1 Å². The molecule has 2 rings (SSSR count). The fraction of sp³-hybridized carbons (Fsp3) is 0.444. The molecule has 0 saturated carbocycles. The van der Waals surface area contributed by atoms with Crippen LogP contribution in [0.4, 0.5) is 17.2 Å². The van der Waals surface area contributed by atoms with Crippen LogP contribution >= 0.6 is 15.9 Å². The minimum atomic E-state index is -0.482. The van der Waals surface area contributed by atoms with Gasteiger partial charge in [0.15, 0.2) is 0 Å². The highest BCUT2D eigenvalue weighted by Gasteiger charge is 2.26. The van der Waals surface area contributed by atoms with E-state index in [-0.39, 0.29) is 11.4 Å². The summed E-state index contributed by atoms with van der Waals surface area (Å²) in [6, 6.07) is 0. The maximum Gasteiger partial charge on any atom is 0.335 e. The van der Waals surface area contributed by atoms with Gasteiger partial charge >= 0.3 is 5.69 Å². The van der Waals surface area contributed by atoms with Crippen LogP contribution in [0.25, 0.3) is 0 Å². The number of rotatable bonds is 2. The number of nitrogen functional groups attached to an aromatic ring is 1. The zero-order chi connectivity index (χ0) is 12.4. The molecule has 0 aromatic carbocycles. The Morgan fingerprint density at radius 1 is 1.53 bits per heavy atom. The third kappa shape index (κ3) is 2.32. The zero-order valence-corrected chi connectivity index (χ0v) is 10.6. The van der Waals surface area contributed by atoms with Gasteiger partial charge in [0.25, 0.3) is 0 Å². The number of halogens is 1. The van der Waals surface area contributed by atoms with Crippen molar-refractivity contribution in [3.8, 4) is 0 Å². The minimum Gasteiger partial charge on any atom is -0.392 e. The monoisotopic (exact) mass is 301 g/mol. The Morgan fingerprint density at radius 3 is 2.76 bits per heavy atom. The molecule has 1 aromatic heterocycles. The molecular formula is C9H12BrN5O2. The molecular weight excluding hydrogens is 290 g/mol. The smallest absolute Gasteiger partial charge is 0.335 e. The molecule has 0 aliphatic carbocycles. The summed E-state index contributed by atoms with van der Waals surface area (Å²) in [6.45, 7) is 2.95. The topological polar surface area (TPSA) is 97.3 Å². The third-order valence-corrected chi connectivity index (χ3v) is 3.26.